The third-order valence-electron chi connectivity index (χ3n) is 1.21. The second kappa shape index (κ2) is 13.4. The van der Waals surface area contributed by atoms with Gasteiger partial charge in [0.1, 0.15) is 0 Å². The van der Waals surface area contributed by atoms with Crippen LogP contribution in [0.25, 0.3) is 0 Å². The molecule has 0 aromatic heterocycles. The molecular formula is C9H22O7P2. The molecule has 0 aliphatic heterocycles. The molecule has 0 aliphatic rings. The molecule has 0 amide bonds. The van der Waals surface area contributed by atoms with Gasteiger partial charge in [-0.05, 0) is 12.8 Å². The fraction of sp³-hybridized carbons (Fsp3) is 0.778. The number of hydrogen-bond acceptors (Lipinski definition) is 5. The molecule has 7 nitrogen and oxygen atoms in total. The average Bonchev–Trinajstić information content (AvgIpc) is 2.31. The Morgan fingerprint density at radius 2 is 1.67 bits per heavy atom. The summed E-state index contributed by atoms with van der Waals surface area (Å²) in [5, 5.41) is 0. The Kier molecular flexibility index (Phi) is 15.2. The molecule has 0 saturated carbocycles. The van der Waals surface area contributed by atoms with Crippen molar-refractivity contribution in [3.05, 3.63) is 12.7 Å². The van der Waals surface area contributed by atoms with Gasteiger partial charge in [-0.2, -0.15) is 0 Å². The summed E-state index contributed by atoms with van der Waals surface area (Å²) in [6.07, 6.45) is 3.02. The van der Waals surface area contributed by atoms with Crippen LogP contribution in [0.15, 0.2) is 12.7 Å². The smallest absolute Gasteiger partial charge is 0.311 e. The quantitative estimate of drug-likeness (QED) is 0.498. The predicted octanol–water partition coefficient (Wildman–Crippen LogP) is 2.51. The van der Waals surface area contributed by atoms with E-state index in [0.29, 0.717) is 13.2 Å². The van der Waals surface area contributed by atoms with Crippen LogP contribution in [0.3, 0.4) is 0 Å². The van der Waals surface area contributed by atoms with Crippen LogP contribution < -0.4 is 0 Å². The summed E-state index contributed by atoms with van der Waals surface area (Å²) in [5.41, 5.74) is 0. The molecule has 0 aromatic carbocycles. The van der Waals surface area contributed by atoms with Gasteiger partial charge in [0.2, 0.25) is 0 Å². The standard InChI is InChI=1S/C6H15O3P.C3H7O4P/c1-3-5-8-10(7)9-6-4-2;1-2-3-7-8(4,5)6/h10H,3-6H2,1-2H3;2H,1,3H2,(H2,4,5,6). The molecule has 0 bridgehead atoms. The zero-order valence-electron chi connectivity index (χ0n) is 10.7. The molecule has 0 rings (SSSR count). The highest BCUT2D eigenvalue weighted by atomic mass is 31.2. The summed E-state index contributed by atoms with van der Waals surface area (Å²) in [6, 6.07) is 0. The average molecular weight is 304 g/mol. The molecule has 0 atom stereocenters. The Balaban J connectivity index is 0. The predicted molar refractivity (Wildman–Crippen MR) is 69.7 cm³/mol. The molecule has 0 radical (unpaired) electrons. The van der Waals surface area contributed by atoms with Gasteiger partial charge < -0.3 is 18.8 Å². The van der Waals surface area contributed by atoms with Crippen LogP contribution in [0.2, 0.25) is 0 Å². The Labute approximate surface area is 108 Å². The zero-order valence-corrected chi connectivity index (χ0v) is 12.6. The van der Waals surface area contributed by atoms with Gasteiger partial charge >= 0.3 is 16.1 Å². The van der Waals surface area contributed by atoms with Crippen LogP contribution in [0.4, 0.5) is 0 Å². The zero-order chi connectivity index (χ0) is 14.4. The van der Waals surface area contributed by atoms with E-state index in [4.69, 9.17) is 18.8 Å². The van der Waals surface area contributed by atoms with E-state index in [1.807, 2.05) is 13.8 Å². The maximum atomic E-state index is 10.7. The third-order valence-corrected chi connectivity index (χ3v) is 2.57. The van der Waals surface area contributed by atoms with Crippen LogP contribution in [-0.2, 0) is 22.7 Å². The van der Waals surface area contributed by atoms with E-state index >= 15 is 0 Å². The monoisotopic (exact) mass is 304 g/mol. The topological polar surface area (TPSA) is 102 Å². The second-order valence-corrected chi connectivity index (χ2v) is 5.34. The largest absolute Gasteiger partial charge is 0.469 e. The lowest BCUT2D eigenvalue weighted by Crippen LogP contribution is -1.87. The minimum Gasteiger partial charge on any atom is -0.311 e. The molecule has 0 heterocycles. The fourth-order valence-electron chi connectivity index (χ4n) is 0.562. The van der Waals surface area contributed by atoms with Crippen LogP contribution in [0.5, 0.6) is 0 Å². The molecule has 0 unspecified atom stereocenters. The lowest BCUT2D eigenvalue weighted by atomic mass is 10.5. The van der Waals surface area contributed by atoms with E-state index in [0.717, 1.165) is 12.8 Å². The van der Waals surface area contributed by atoms with E-state index in [1.54, 1.807) is 0 Å². The van der Waals surface area contributed by atoms with E-state index in [1.165, 1.54) is 6.08 Å². The van der Waals surface area contributed by atoms with Gasteiger partial charge in [0.25, 0.3) is 0 Å². The van der Waals surface area contributed by atoms with Gasteiger partial charge in [0.15, 0.2) is 0 Å². The molecule has 0 aliphatic carbocycles. The first-order chi connectivity index (χ1) is 8.37. The van der Waals surface area contributed by atoms with E-state index in [2.05, 4.69) is 11.1 Å². The number of phosphoric ester groups is 1. The van der Waals surface area contributed by atoms with Gasteiger partial charge in [-0.3, -0.25) is 9.09 Å². The maximum Gasteiger partial charge on any atom is 0.469 e. The van der Waals surface area contributed by atoms with Gasteiger partial charge in [0.05, 0.1) is 19.8 Å². The van der Waals surface area contributed by atoms with Crippen molar-refractivity contribution in [2.45, 2.75) is 26.7 Å². The molecular weight excluding hydrogens is 282 g/mol. The molecule has 0 fully saturated rings. The van der Waals surface area contributed by atoms with Crippen molar-refractivity contribution in [2.24, 2.45) is 0 Å². The Morgan fingerprint density at radius 1 is 1.22 bits per heavy atom. The minimum absolute atomic E-state index is 0.121. The van der Waals surface area contributed by atoms with Gasteiger partial charge in [-0.25, -0.2) is 4.57 Å². The normalized spacial score (nSPS) is 10.9. The molecule has 0 saturated heterocycles. The van der Waals surface area contributed by atoms with Gasteiger partial charge in [-0.1, -0.05) is 19.9 Å². The molecule has 2 N–H and O–H groups in total. The molecule has 110 valence electrons. The van der Waals surface area contributed by atoms with Crippen molar-refractivity contribution in [2.75, 3.05) is 19.8 Å². The number of phosphoric acid groups is 1. The van der Waals surface area contributed by atoms with Gasteiger partial charge in [-0.15, -0.1) is 6.58 Å². The summed E-state index contributed by atoms with van der Waals surface area (Å²) in [6.45, 7) is 8.07. The van der Waals surface area contributed by atoms with E-state index in [-0.39, 0.29) is 6.61 Å². The van der Waals surface area contributed by atoms with Crippen molar-refractivity contribution < 1.29 is 32.5 Å². The van der Waals surface area contributed by atoms with Crippen molar-refractivity contribution in [3.63, 3.8) is 0 Å². The summed E-state index contributed by atoms with van der Waals surface area (Å²) in [4.78, 5) is 16.0. The number of hydrogen-bond donors (Lipinski definition) is 2. The van der Waals surface area contributed by atoms with Crippen LogP contribution >= 0.6 is 16.1 Å². The second-order valence-electron chi connectivity index (χ2n) is 3.02. The Morgan fingerprint density at radius 3 is 1.89 bits per heavy atom. The molecule has 0 aromatic rings. The lowest BCUT2D eigenvalue weighted by Gasteiger charge is -2.01. The summed E-state index contributed by atoms with van der Waals surface area (Å²) >= 11 is 0. The van der Waals surface area contributed by atoms with Crippen molar-refractivity contribution in [3.8, 4) is 0 Å². The SMILES string of the molecule is C=CCOP(=O)(O)O.CCCO[PH](=O)OCCC. The Hall–Kier alpha value is -0.0000000000000000486. The number of rotatable bonds is 9. The Bertz CT molecular complexity index is 254. The minimum atomic E-state index is -4.25. The van der Waals surface area contributed by atoms with Gasteiger partial charge in [0, 0.05) is 0 Å². The first-order valence-electron chi connectivity index (χ1n) is 5.47. The van der Waals surface area contributed by atoms with Crippen molar-refractivity contribution in [1.29, 1.82) is 0 Å². The van der Waals surface area contributed by atoms with Crippen LogP contribution in [0, 0.1) is 0 Å². The van der Waals surface area contributed by atoms with E-state index < -0.39 is 16.1 Å². The third kappa shape index (κ3) is 21.3. The lowest BCUT2D eigenvalue weighted by molar-refractivity contribution is 0.215. The highest BCUT2D eigenvalue weighted by Gasteiger charge is 2.10. The summed E-state index contributed by atoms with van der Waals surface area (Å²) in [5.74, 6) is 0. The molecule has 0 spiro atoms. The highest BCUT2D eigenvalue weighted by molar-refractivity contribution is 7.46. The van der Waals surface area contributed by atoms with Crippen molar-refractivity contribution >= 4 is 16.1 Å². The first kappa shape index (κ1) is 20.3. The fourth-order valence-corrected chi connectivity index (χ4v) is 1.69. The van der Waals surface area contributed by atoms with Crippen LogP contribution in [0.1, 0.15) is 26.7 Å². The first-order valence-corrected chi connectivity index (χ1v) is 8.23. The molecule has 9 heteroatoms. The summed E-state index contributed by atoms with van der Waals surface area (Å²) < 4.78 is 34.1. The molecule has 18 heavy (non-hydrogen) atoms. The summed E-state index contributed by atoms with van der Waals surface area (Å²) in [7, 11) is -6.42. The van der Waals surface area contributed by atoms with E-state index in [9.17, 15) is 9.13 Å². The van der Waals surface area contributed by atoms with Crippen LogP contribution in [-0.4, -0.2) is 29.6 Å². The highest BCUT2D eigenvalue weighted by Crippen LogP contribution is 2.35. The maximum absolute atomic E-state index is 10.7. The van der Waals surface area contributed by atoms with Crippen molar-refractivity contribution in [1.82, 2.24) is 0 Å².